The van der Waals surface area contributed by atoms with Crippen LogP contribution in [0.25, 0.3) is 11.1 Å². The molecule has 4 aromatic rings. The van der Waals surface area contributed by atoms with E-state index in [9.17, 15) is 0 Å². The van der Waals surface area contributed by atoms with Crippen LogP contribution in [0.4, 0.5) is 0 Å². The summed E-state index contributed by atoms with van der Waals surface area (Å²) in [6.07, 6.45) is 1.05. The zero-order chi connectivity index (χ0) is 18.9. The number of rotatable bonds is 1. The largest absolute Gasteiger partial charge is 1.00 e. The first kappa shape index (κ1) is 25.4. The molecule has 0 amide bonds. The summed E-state index contributed by atoms with van der Waals surface area (Å²) in [4.78, 5) is 0. The first-order valence-electron chi connectivity index (χ1n) is 9.11. The summed E-state index contributed by atoms with van der Waals surface area (Å²) in [5, 5.41) is 0. The van der Waals surface area contributed by atoms with Crippen molar-refractivity contribution in [1.29, 1.82) is 0 Å². The van der Waals surface area contributed by atoms with Gasteiger partial charge in [0.1, 0.15) is 0 Å². The Balaban J connectivity index is 0.000000231. The number of hydrogen-bond acceptors (Lipinski definition) is 0. The summed E-state index contributed by atoms with van der Waals surface area (Å²) < 4.78 is 1.46. The van der Waals surface area contributed by atoms with E-state index >= 15 is 0 Å². The fraction of sp³-hybridized carbons (Fsp3) is 0.0769. The molecule has 4 aromatic carbocycles. The zero-order valence-electron chi connectivity index (χ0n) is 16.3. The maximum Gasteiger partial charge on any atom is -0.0253 e. The molecule has 3 heteroatoms. The molecule has 1 aliphatic rings. The smallest absolute Gasteiger partial charge is 0.0253 e. The normalized spacial score (nSPS) is 9.76. The second-order valence-electron chi connectivity index (χ2n) is 6.35. The molecule has 0 saturated heterocycles. The second-order valence-corrected chi connectivity index (χ2v) is 8.19. The van der Waals surface area contributed by atoms with Crippen LogP contribution in [0.15, 0.2) is 103 Å². The van der Waals surface area contributed by atoms with Gasteiger partial charge in [-0.05, 0) is 6.42 Å². The van der Waals surface area contributed by atoms with Crippen molar-refractivity contribution in [3.05, 3.63) is 126 Å². The van der Waals surface area contributed by atoms with Gasteiger partial charge in [-0.15, -0.1) is 5.56 Å². The van der Waals surface area contributed by atoms with Crippen molar-refractivity contribution in [3.8, 4) is 11.1 Å². The average Bonchev–Trinajstić information content (AvgIpc) is 3.41. The summed E-state index contributed by atoms with van der Waals surface area (Å²) in [7, 11) is 0. The van der Waals surface area contributed by atoms with E-state index < -0.39 is 0 Å². The molecule has 0 aliphatic heterocycles. The predicted octanol–water partition coefficient (Wildman–Crippen LogP) is 0.245. The third-order valence-electron chi connectivity index (χ3n) is 4.38. The molecule has 0 fully saturated rings. The Morgan fingerprint density at radius 2 is 1.41 bits per heavy atom. The van der Waals surface area contributed by atoms with Crippen molar-refractivity contribution in [3.63, 3.8) is 0 Å². The van der Waals surface area contributed by atoms with Gasteiger partial charge < -0.3 is 24.8 Å². The van der Waals surface area contributed by atoms with Crippen molar-refractivity contribution < 1.29 is 49.0 Å². The fourth-order valence-electron chi connectivity index (χ4n) is 3.01. The molecule has 0 spiro atoms. The van der Waals surface area contributed by atoms with Crippen molar-refractivity contribution in [2.45, 2.75) is 13.3 Å². The molecule has 0 aromatic heterocycles. The van der Waals surface area contributed by atoms with Crippen LogP contribution in [0.1, 0.15) is 23.6 Å². The minimum Gasteiger partial charge on any atom is -1.00 e. The van der Waals surface area contributed by atoms with Gasteiger partial charge in [0.05, 0.1) is 0 Å². The number of fused-ring (bicyclic) bond motifs is 3. The predicted molar refractivity (Wildman–Crippen MR) is 112 cm³/mol. The molecule has 0 unspecified atom stereocenters. The Bertz CT molecular complexity index is 916. The van der Waals surface area contributed by atoms with Crippen molar-refractivity contribution in [2.75, 3.05) is 0 Å². The maximum absolute atomic E-state index is 3.30. The van der Waals surface area contributed by atoms with E-state index in [1.54, 1.807) is 0 Å². The van der Waals surface area contributed by atoms with Gasteiger partial charge in [0.25, 0.3) is 0 Å². The topological polar surface area (TPSA) is 0 Å². The SMILES string of the molecule is C[C](=[Zr+2])c1ccccc1.[Cl-].[Cl-].[c-]1cccc2c1Cc1ccccc1-2.c1cc[cH-]c1. The average molecular weight is 497 g/mol. The van der Waals surface area contributed by atoms with Crippen LogP contribution >= 0.6 is 0 Å². The van der Waals surface area contributed by atoms with Crippen molar-refractivity contribution >= 4 is 3.21 Å². The first-order valence-corrected chi connectivity index (χ1v) is 10.3. The minimum absolute atomic E-state index is 0. The summed E-state index contributed by atoms with van der Waals surface area (Å²) in [6.45, 7) is 2.16. The van der Waals surface area contributed by atoms with E-state index in [1.807, 2.05) is 42.5 Å². The van der Waals surface area contributed by atoms with Gasteiger partial charge in [0.2, 0.25) is 0 Å². The molecule has 0 heterocycles. The second kappa shape index (κ2) is 13.5. The van der Waals surface area contributed by atoms with Gasteiger partial charge in [0.15, 0.2) is 0 Å². The molecule has 0 N–H and O–H groups in total. The van der Waals surface area contributed by atoms with Crippen LogP contribution in [-0.2, 0) is 30.7 Å². The Labute approximate surface area is 201 Å². The maximum atomic E-state index is 3.30. The van der Waals surface area contributed by atoms with Gasteiger partial charge in [-0.2, -0.15) is 48.0 Å². The molecule has 1 aliphatic carbocycles. The Kier molecular flexibility index (Phi) is 11.9. The van der Waals surface area contributed by atoms with Crippen molar-refractivity contribution in [2.24, 2.45) is 0 Å². The molecular weight excluding hydrogens is 474 g/mol. The van der Waals surface area contributed by atoms with Crippen LogP contribution in [0.2, 0.25) is 0 Å². The van der Waals surface area contributed by atoms with Crippen LogP contribution in [0, 0.1) is 6.07 Å². The first-order chi connectivity index (χ1) is 13.3. The molecule has 5 rings (SSSR count). The summed E-state index contributed by atoms with van der Waals surface area (Å²) in [6, 6.07) is 38.6. The quantitative estimate of drug-likeness (QED) is 0.292. The molecule has 0 bridgehead atoms. The van der Waals surface area contributed by atoms with E-state index in [2.05, 4.69) is 73.7 Å². The minimum atomic E-state index is 0. The van der Waals surface area contributed by atoms with E-state index in [-0.39, 0.29) is 24.8 Å². The zero-order valence-corrected chi connectivity index (χ0v) is 20.2. The van der Waals surface area contributed by atoms with E-state index in [4.69, 9.17) is 0 Å². The van der Waals surface area contributed by atoms with E-state index in [0.717, 1.165) is 6.42 Å². The van der Waals surface area contributed by atoms with Gasteiger partial charge in [-0.3, -0.25) is 0 Å². The number of benzene rings is 3. The van der Waals surface area contributed by atoms with Gasteiger partial charge in [-0.1, -0.05) is 35.4 Å². The summed E-state index contributed by atoms with van der Waals surface area (Å²) in [5.74, 6) is 0. The van der Waals surface area contributed by atoms with Crippen LogP contribution in [0.5, 0.6) is 0 Å². The number of halogens is 2. The fourth-order valence-corrected chi connectivity index (χ4v) is 3.42. The Hall–Kier alpha value is -1.66. The Morgan fingerprint density at radius 1 is 0.793 bits per heavy atom. The van der Waals surface area contributed by atoms with Crippen molar-refractivity contribution in [1.82, 2.24) is 0 Å². The standard InChI is InChI=1S/C13H9.C8H8.C5H5.2ClH.Zr/c1-3-7-12-10(5-1)9-11-6-2-4-8-13(11)12;1-2-8-6-4-3-5-7-8;1-2-4-5-3-1;;;/h1-5,7-8H,9H2;3-7H,1H3;1-5H;2*1H;/q-1;;-1;;;+2/p-2. The number of hydrogen-bond donors (Lipinski definition) is 0. The Morgan fingerprint density at radius 3 is 2.00 bits per heavy atom. The molecule has 0 radical (unpaired) electrons. The van der Waals surface area contributed by atoms with Gasteiger partial charge in [0, 0.05) is 0 Å². The van der Waals surface area contributed by atoms with E-state index in [1.165, 1.54) is 55.3 Å². The molecule has 0 atom stereocenters. The molecule has 0 nitrogen and oxygen atoms in total. The molecule has 29 heavy (non-hydrogen) atoms. The third kappa shape index (κ3) is 7.59. The molecule has 146 valence electrons. The third-order valence-corrected chi connectivity index (χ3v) is 5.09. The van der Waals surface area contributed by atoms with Crippen LogP contribution in [0.3, 0.4) is 0 Å². The van der Waals surface area contributed by atoms with Gasteiger partial charge >= 0.3 is 70.3 Å². The summed E-state index contributed by atoms with van der Waals surface area (Å²) in [5.41, 5.74) is 6.88. The van der Waals surface area contributed by atoms with Crippen LogP contribution in [-0.4, -0.2) is 3.21 Å². The molecule has 0 saturated carbocycles. The summed E-state index contributed by atoms with van der Waals surface area (Å²) >= 11 is 1.51. The monoisotopic (exact) mass is 494 g/mol. The van der Waals surface area contributed by atoms with Crippen LogP contribution < -0.4 is 24.8 Å². The van der Waals surface area contributed by atoms with E-state index in [0.29, 0.717) is 0 Å². The molecular formula is C26H22Cl2Zr-2. The van der Waals surface area contributed by atoms with Gasteiger partial charge in [-0.25, -0.2) is 12.1 Å².